The molecule has 0 aliphatic carbocycles. The fraction of sp³-hybridized carbons (Fsp3) is 1.00. The van der Waals surface area contributed by atoms with Crippen molar-refractivity contribution in [2.75, 3.05) is 0 Å². The Labute approximate surface area is 64.3 Å². The zero-order valence-corrected chi connectivity index (χ0v) is 6.44. The largest absolute Gasteiger partial charge is 0.311 e. The molecular formula is C5H9Cl2NO. The van der Waals surface area contributed by atoms with Gasteiger partial charge in [-0.05, 0) is 19.3 Å². The topological polar surface area (TPSA) is 23.5 Å². The molecule has 0 radical (unpaired) electrons. The molecule has 54 valence electrons. The molecule has 0 saturated carbocycles. The van der Waals surface area contributed by atoms with Gasteiger partial charge in [0.05, 0.1) is 0 Å². The van der Waals surface area contributed by atoms with Crippen LogP contribution in [0, 0.1) is 0 Å². The summed E-state index contributed by atoms with van der Waals surface area (Å²) < 4.78 is 0. The van der Waals surface area contributed by atoms with E-state index in [0.717, 1.165) is 24.3 Å². The Morgan fingerprint density at radius 1 is 1.22 bits per heavy atom. The Balaban J connectivity index is 2.41. The average molecular weight is 170 g/mol. The van der Waals surface area contributed by atoms with Crippen LogP contribution in [0.5, 0.6) is 0 Å². The van der Waals surface area contributed by atoms with Crippen molar-refractivity contribution in [3.05, 3.63) is 0 Å². The minimum Gasteiger partial charge on any atom is -0.311 e. The molecule has 1 N–H and O–H groups in total. The van der Waals surface area contributed by atoms with Gasteiger partial charge in [0.15, 0.2) is 0 Å². The van der Waals surface area contributed by atoms with Gasteiger partial charge in [-0.25, -0.2) is 0 Å². The second-order valence-corrected chi connectivity index (χ2v) is 3.19. The van der Waals surface area contributed by atoms with Gasteiger partial charge in [0.2, 0.25) is 0 Å². The highest BCUT2D eigenvalue weighted by Crippen LogP contribution is 2.25. The van der Waals surface area contributed by atoms with Crippen LogP contribution in [0.4, 0.5) is 0 Å². The molecule has 0 aromatic rings. The molecule has 9 heavy (non-hydrogen) atoms. The number of halogens is 2. The SMILES string of the molecule is ON1C(Cl)CCCC1Cl. The summed E-state index contributed by atoms with van der Waals surface area (Å²) in [5.74, 6) is 0. The number of piperidine rings is 1. The van der Waals surface area contributed by atoms with E-state index in [0.29, 0.717) is 0 Å². The second-order valence-electron chi connectivity index (χ2n) is 2.18. The first kappa shape index (κ1) is 7.61. The predicted molar refractivity (Wildman–Crippen MR) is 36.8 cm³/mol. The van der Waals surface area contributed by atoms with Crippen molar-refractivity contribution in [3.8, 4) is 0 Å². The van der Waals surface area contributed by atoms with Gasteiger partial charge in [-0.15, -0.1) is 23.2 Å². The molecule has 1 rings (SSSR count). The normalized spacial score (nSPS) is 39.0. The molecular weight excluding hydrogens is 161 g/mol. The van der Waals surface area contributed by atoms with Crippen molar-refractivity contribution in [2.45, 2.75) is 30.3 Å². The van der Waals surface area contributed by atoms with Gasteiger partial charge >= 0.3 is 0 Å². The molecule has 2 nitrogen and oxygen atoms in total. The van der Waals surface area contributed by atoms with Crippen molar-refractivity contribution in [1.29, 1.82) is 0 Å². The standard InChI is InChI=1S/C5H9Cl2NO/c6-4-2-1-3-5(7)8(4)9/h4-5,9H,1-3H2. The van der Waals surface area contributed by atoms with E-state index in [4.69, 9.17) is 28.4 Å². The van der Waals surface area contributed by atoms with Crippen LogP contribution in [-0.4, -0.2) is 21.3 Å². The maximum absolute atomic E-state index is 9.02. The fourth-order valence-electron chi connectivity index (χ4n) is 0.895. The molecule has 0 spiro atoms. The first-order chi connectivity index (χ1) is 4.22. The Kier molecular flexibility index (Phi) is 2.59. The van der Waals surface area contributed by atoms with Crippen molar-refractivity contribution >= 4 is 23.2 Å². The lowest BCUT2D eigenvalue weighted by Gasteiger charge is -2.29. The molecule has 4 heteroatoms. The quantitative estimate of drug-likeness (QED) is 0.443. The summed E-state index contributed by atoms with van der Waals surface area (Å²) >= 11 is 11.3. The number of hydrogen-bond donors (Lipinski definition) is 1. The number of hydroxylamine groups is 2. The molecule has 0 aromatic heterocycles. The van der Waals surface area contributed by atoms with Gasteiger partial charge in [-0.3, -0.25) is 0 Å². The summed E-state index contributed by atoms with van der Waals surface area (Å²) in [5, 5.41) is 10.0. The molecule has 2 atom stereocenters. The highest BCUT2D eigenvalue weighted by Gasteiger charge is 2.25. The Morgan fingerprint density at radius 3 is 2.00 bits per heavy atom. The van der Waals surface area contributed by atoms with Crippen LogP contribution in [-0.2, 0) is 0 Å². The summed E-state index contributed by atoms with van der Waals surface area (Å²) in [5.41, 5.74) is -0.581. The summed E-state index contributed by atoms with van der Waals surface area (Å²) in [4.78, 5) is 0. The lowest BCUT2D eigenvalue weighted by atomic mass is 10.2. The summed E-state index contributed by atoms with van der Waals surface area (Å²) in [6.07, 6.45) is 2.64. The van der Waals surface area contributed by atoms with Gasteiger partial charge in [0.1, 0.15) is 11.0 Å². The average Bonchev–Trinajstić information content (AvgIpc) is 1.83. The summed E-state index contributed by atoms with van der Waals surface area (Å²) in [6.45, 7) is 0. The smallest absolute Gasteiger partial charge is 0.110 e. The van der Waals surface area contributed by atoms with E-state index in [2.05, 4.69) is 0 Å². The van der Waals surface area contributed by atoms with E-state index in [1.54, 1.807) is 0 Å². The van der Waals surface area contributed by atoms with Crippen LogP contribution in [0.3, 0.4) is 0 Å². The maximum atomic E-state index is 9.02. The first-order valence-electron chi connectivity index (χ1n) is 2.97. The third-order valence-electron chi connectivity index (χ3n) is 1.46. The predicted octanol–water partition coefficient (Wildman–Crippen LogP) is 1.99. The monoisotopic (exact) mass is 169 g/mol. The van der Waals surface area contributed by atoms with Gasteiger partial charge in [-0.1, -0.05) is 0 Å². The third-order valence-corrected chi connectivity index (χ3v) is 2.30. The number of rotatable bonds is 0. The minimum absolute atomic E-state index is 0.291. The van der Waals surface area contributed by atoms with E-state index in [1.807, 2.05) is 0 Å². The molecule has 1 aliphatic heterocycles. The summed E-state index contributed by atoms with van der Waals surface area (Å²) in [6, 6.07) is 0. The van der Waals surface area contributed by atoms with Crippen LogP contribution in [0.25, 0.3) is 0 Å². The highest BCUT2D eigenvalue weighted by atomic mass is 35.5. The van der Waals surface area contributed by atoms with E-state index in [9.17, 15) is 0 Å². The van der Waals surface area contributed by atoms with Gasteiger partial charge in [0.25, 0.3) is 0 Å². The molecule has 1 aliphatic rings. The van der Waals surface area contributed by atoms with Gasteiger partial charge in [0, 0.05) is 0 Å². The van der Waals surface area contributed by atoms with Gasteiger partial charge < -0.3 is 5.21 Å². The lowest BCUT2D eigenvalue weighted by Crippen LogP contribution is -2.38. The van der Waals surface area contributed by atoms with E-state index < -0.39 is 0 Å². The fourth-order valence-corrected chi connectivity index (χ4v) is 1.53. The van der Waals surface area contributed by atoms with E-state index in [-0.39, 0.29) is 11.0 Å². The van der Waals surface area contributed by atoms with Crippen LogP contribution >= 0.6 is 23.2 Å². The maximum Gasteiger partial charge on any atom is 0.110 e. The number of hydrogen-bond acceptors (Lipinski definition) is 2. The third kappa shape index (κ3) is 1.71. The Bertz CT molecular complexity index is 91.0. The van der Waals surface area contributed by atoms with E-state index >= 15 is 0 Å². The second kappa shape index (κ2) is 3.06. The molecule has 0 amide bonds. The first-order valence-corrected chi connectivity index (χ1v) is 3.84. The summed E-state index contributed by atoms with van der Waals surface area (Å²) in [7, 11) is 0. The van der Waals surface area contributed by atoms with Crippen LogP contribution in [0.2, 0.25) is 0 Å². The number of nitrogens with zero attached hydrogens (tertiary/aromatic N) is 1. The minimum atomic E-state index is -0.291. The molecule has 1 fully saturated rings. The molecule has 2 unspecified atom stereocenters. The Morgan fingerprint density at radius 2 is 1.67 bits per heavy atom. The van der Waals surface area contributed by atoms with Gasteiger partial charge in [-0.2, -0.15) is 5.06 Å². The van der Waals surface area contributed by atoms with Crippen LogP contribution in [0.15, 0.2) is 0 Å². The zero-order valence-electron chi connectivity index (χ0n) is 4.93. The van der Waals surface area contributed by atoms with E-state index in [1.165, 1.54) is 0 Å². The van der Waals surface area contributed by atoms with Crippen LogP contribution < -0.4 is 0 Å². The van der Waals surface area contributed by atoms with Crippen molar-refractivity contribution in [2.24, 2.45) is 0 Å². The Hall–Kier alpha value is 0.500. The molecule has 1 saturated heterocycles. The van der Waals surface area contributed by atoms with Crippen molar-refractivity contribution in [3.63, 3.8) is 0 Å². The highest BCUT2D eigenvalue weighted by molar-refractivity contribution is 6.23. The number of alkyl halides is 2. The zero-order chi connectivity index (χ0) is 6.85. The van der Waals surface area contributed by atoms with Crippen molar-refractivity contribution < 1.29 is 5.21 Å². The molecule has 0 bridgehead atoms. The molecule has 0 aromatic carbocycles. The molecule has 1 heterocycles. The lowest BCUT2D eigenvalue weighted by molar-refractivity contribution is -0.131. The van der Waals surface area contributed by atoms with Crippen molar-refractivity contribution in [1.82, 2.24) is 5.06 Å². The van der Waals surface area contributed by atoms with Crippen LogP contribution in [0.1, 0.15) is 19.3 Å².